The van der Waals surface area contributed by atoms with Crippen LogP contribution in [-0.2, 0) is 0 Å². The Morgan fingerprint density at radius 1 is 0.870 bits per heavy atom. The third kappa shape index (κ3) is 5.93. The van der Waals surface area contributed by atoms with Gasteiger partial charge in [-0.1, -0.05) is 0 Å². The number of quaternary nitrogens is 1. The van der Waals surface area contributed by atoms with E-state index in [1.54, 1.807) is 0 Å². The van der Waals surface area contributed by atoms with Crippen LogP contribution in [0.5, 0.6) is 11.5 Å². The predicted octanol–water partition coefficient (Wildman–Crippen LogP) is -0.00580. The van der Waals surface area contributed by atoms with E-state index in [4.69, 9.17) is 9.47 Å². The van der Waals surface area contributed by atoms with Crippen molar-refractivity contribution in [3.63, 3.8) is 0 Å². The molecule has 2 aromatic carbocycles. The van der Waals surface area contributed by atoms with Crippen LogP contribution < -0.4 is 26.8 Å². The van der Waals surface area contributed by atoms with Gasteiger partial charge in [0.25, 0.3) is 0 Å². The molecule has 0 aromatic heterocycles. The molecule has 124 valence electrons. The van der Waals surface area contributed by atoms with Gasteiger partial charge in [-0.25, -0.2) is 4.99 Å². The molecule has 1 atom stereocenters. The fraction of sp³-hybridized carbons (Fsp3) is 0.278. The Bertz CT molecular complexity index is 597. The molecule has 0 aliphatic heterocycles. The van der Waals surface area contributed by atoms with E-state index < -0.39 is 0 Å². The monoisotopic (exact) mass is 334 g/mol. The van der Waals surface area contributed by atoms with E-state index in [0.29, 0.717) is 13.2 Å². The Balaban J connectivity index is 0.00000264. The van der Waals surface area contributed by atoms with Gasteiger partial charge in [-0.2, -0.15) is 0 Å². The molecule has 23 heavy (non-hydrogen) atoms. The number of rotatable bonds is 7. The van der Waals surface area contributed by atoms with Crippen molar-refractivity contribution in [2.75, 3.05) is 20.3 Å². The molecule has 0 saturated heterocycles. The molecule has 0 saturated carbocycles. The van der Waals surface area contributed by atoms with Crippen molar-refractivity contribution in [3.8, 4) is 11.5 Å². The summed E-state index contributed by atoms with van der Waals surface area (Å²) in [7, 11) is 2.05. The number of benzene rings is 2. The number of hydrogen-bond acceptors (Lipinski definition) is 3. The maximum Gasteiger partial charge on any atom is 0.193 e. The average molecular weight is 335 g/mol. The summed E-state index contributed by atoms with van der Waals surface area (Å²) >= 11 is 0. The minimum absolute atomic E-state index is 0. The van der Waals surface area contributed by atoms with E-state index in [2.05, 4.69) is 4.99 Å². The van der Waals surface area contributed by atoms with Crippen LogP contribution in [0.3, 0.4) is 0 Å². The summed E-state index contributed by atoms with van der Waals surface area (Å²) in [6.45, 7) is 5.31. The lowest BCUT2D eigenvalue weighted by molar-refractivity contribution is -0.697. The van der Waals surface area contributed by atoms with Gasteiger partial charge in [-0.3, -0.25) is 4.90 Å². The Morgan fingerprint density at radius 2 is 1.35 bits per heavy atom. The number of hydrogen-bond donors (Lipinski definition) is 1. The third-order valence-corrected chi connectivity index (χ3v) is 3.18. The van der Waals surface area contributed by atoms with E-state index in [9.17, 15) is 0 Å². The van der Waals surface area contributed by atoms with Gasteiger partial charge in [-0.15, -0.1) is 0 Å². The maximum atomic E-state index is 5.45. The van der Waals surface area contributed by atoms with Crippen LogP contribution in [0.25, 0.3) is 0 Å². The molecule has 5 heteroatoms. The van der Waals surface area contributed by atoms with Gasteiger partial charge >= 0.3 is 0 Å². The highest BCUT2D eigenvalue weighted by molar-refractivity contribution is 5.57. The van der Waals surface area contributed by atoms with E-state index in [0.717, 1.165) is 27.8 Å². The van der Waals surface area contributed by atoms with E-state index >= 15 is 0 Å². The van der Waals surface area contributed by atoms with Gasteiger partial charge in [0.2, 0.25) is 0 Å². The van der Waals surface area contributed by atoms with Gasteiger partial charge in [0.15, 0.2) is 6.34 Å². The molecule has 0 fully saturated rings. The topological polar surface area (TPSA) is 35.3 Å². The lowest BCUT2D eigenvalue weighted by atomic mass is 10.3. The summed E-state index contributed by atoms with van der Waals surface area (Å²) in [5.74, 6) is 1.76. The summed E-state index contributed by atoms with van der Waals surface area (Å²) in [5, 5.41) is 0. The summed E-state index contributed by atoms with van der Waals surface area (Å²) in [5.41, 5.74) is 2.05. The summed E-state index contributed by atoms with van der Waals surface area (Å²) < 4.78 is 10.9. The fourth-order valence-electron chi connectivity index (χ4n) is 2.02. The standard InChI is InChI=1S/C18H22N2O2.ClH/c1-4-21-17-10-6-15(7-11-17)19-14-20(3)16-8-12-18(13-9-16)22-5-2;/h6-14H,4-5H2,1-3H3;1H. The smallest absolute Gasteiger partial charge is 0.193 e. The van der Waals surface area contributed by atoms with Crippen molar-refractivity contribution in [3.05, 3.63) is 48.5 Å². The Morgan fingerprint density at radius 3 is 1.83 bits per heavy atom. The Hall–Kier alpha value is -2.04. The molecule has 0 spiro atoms. The summed E-state index contributed by atoms with van der Waals surface area (Å²) in [6.07, 6.45) is 1.88. The number of nitrogens with one attached hydrogen (secondary N) is 1. The first-order valence-electron chi connectivity index (χ1n) is 7.56. The molecule has 0 bridgehead atoms. The second-order valence-corrected chi connectivity index (χ2v) is 4.83. The van der Waals surface area contributed by atoms with Crippen molar-refractivity contribution < 1.29 is 26.8 Å². The zero-order chi connectivity index (χ0) is 15.8. The van der Waals surface area contributed by atoms with Crippen LogP contribution >= 0.6 is 0 Å². The minimum atomic E-state index is 0. The molecule has 1 unspecified atom stereocenters. The maximum absolute atomic E-state index is 5.45. The summed E-state index contributed by atoms with van der Waals surface area (Å²) in [6, 6.07) is 15.8. The van der Waals surface area contributed by atoms with Gasteiger partial charge in [0.1, 0.15) is 17.2 Å². The highest BCUT2D eigenvalue weighted by Crippen LogP contribution is 2.17. The molecule has 0 heterocycles. The van der Waals surface area contributed by atoms with Crippen LogP contribution in [0.2, 0.25) is 0 Å². The largest absolute Gasteiger partial charge is 1.00 e. The van der Waals surface area contributed by atoms with Gasteiger partial charge in [-0.05, 0) is 50.2 Å². The highest BCUT2D eigenvalue weighted by Gasteiger charge is 2.04. The minimum Gasteiger partial charge on any atom is -1.00 e. The quantitative estimate of drug-likeness (QED) is 0.571. The second-order valence-electron chi connectivity index (χ2n) is 4.83. The normalized spacial score (nSPS) is 11.8. The first kappa shape index (κ1) is 19.0. The van der Waals surface area contributed by atoms with Gasteiger partial charge < -0.3 is 21.9 Å². The molecular formula is C18H23ClN2O2. The fourth-order valence-corrected chi connectivity index (χ4v) is 2.02. The van der Waals surface area contributed by atoms with Crippen molar-refractivity contribution in [2.24, 2.45) is 4.99 Å². The van der Waals surface area contributed by atoms with Crippen molar-refractivity contribution in [1.82, 2.24) is 0 Å². The lowest BCUT2D eigenvalue weighted by Gasteiger charge is -2.08. The van der Waals surface area contributed by atoms with E-state index in [-0.39, 0.29) is 12.4 Å². The van der Waals surface area contributed by atoms with Gasteiger partial charge in [0, 0.05) is 12.1 Å². The Labute approximate surface area is 144 Å². The lowest BCUT2D eigenvalue weighted by Crippen LogP contribution is -3.02. The highest BCUT2D eigenvalue weighted by atomic mass is 35.5. The molecule has 0 radical (unpaired) electrons. The molecule has 0 amide bonds. The summed E-state index contributed by atoms with van der Waals surface area (Å²) in [4.78, 5) is 5.60. The van der Waals surface area contributed by atoms with Gasteiger partial charge in [0.05, 0.1) is 25.9 Å². The second kappa shape index (κ2) is 9.87. The third-order valence-electron chi connectivity index (χ3n) is 3.18. The number of ether oxygens (including phenoxy) is 2. The zero-order valence-electron chi connectivity index (χ0n) is 13.8. The first-order chi connectivity index (χ1) is 10.7. The molecule has 0 aliphatic rings. The Kier molecular flexibility index (Phi) is 8.16. The van der Waals surface area contributed by atoms with E-state index in [1.807, 2.05) is 75.8 Å². The van der Waals surface area contributed by atoms with E-state index in [1.165, 1.54) is 0 Å². The van der Waals surface area contributed by atoms with Crippen LogP contribution in [0.4, 0.5) is 11.4 Å². The predicted molar refractivity (Wildman–Crippen MR) is 89.9 cm³/mol. The van der Waals surface area contributed by atoms with Crippen LogP contribution in [-0.4, -0.2) is 26.6 Å². The van der Waals surface area contributed by atoms with Crippen LogP contribution in [0.15, 0.2) is 53.5 Å². The molecular weight excluding hydrogens is 312 g/mol. The van der Waals surface area contributed by atoms with Crippen molar-refractivity contribution >= 4 is 17.7 Å². The van der Waals surface area contributed by atoms with Crippen molar-refractivity contribution in [1.29, 1.82) is 0 Å². The number of halogens is 1. The van der Waals surface area contributed by atoms with Crippen LogP contribution in [0.1, 0.15) is 13.8 Å². The number of aliphatic imine (C=N–C) groups is 1. The molecule has 4 nitrogen and oxygen atoms in total. The molecule has 0 aliphatic carbocycles. The molecule has 1 N–H and O–H groups in total. The zero-order valence-corrected chi connectivity index (χ0v) is 14.5. The van der Waals surface area contributed by atoms with Crippen LogP contribution in [0, 0.1) is 0 Å². The average Bonchev–Trinajstić information content (AvgIpc) is 2.55. The number of nitrogens with zero attached hydrogens (tertiary/aromatic N) is 1. The molecule has 2 rings (SSSR count). The SMILES string of the molecule is CCOc1ccc(N=C[NH+](C)c2ccc(OCC)cc2)cc1.[Cl-]. The first-order valence-corrected chi connectivity index (χ1v) is 7.56. The van der Waals surface area contributed by atoms with Crippen molar-refractivity contribution in [2.45, 2.75) is 13.8 Å². The molecule has 2 aromatic rings.